The van der Waals surface area contributed by atoms with Crippen LogP contribution in [0.5, 0.6) is 0 Å². The quantitative estimate of drug-likeness (QED) is 0.492. The van der Waals surface area contributed by atoms with Crippen molar-refractivity contribution < 1.29 is 9.53 Å². The second-order valence-corrected chi connectivity index (χ2v) is 2.75. The van der Waals surface area contributed by atoms with Crippen molar-refractivity contribution in [1.82, 2.24) is 0 Å². The molecule has 3 heteroatoms. The van der Waals surface area contributed by atoms with E-state index in [0.717, 1.165) is 24.5 Å². The minimum Gasteiger partial charge on any atom is -0.371 e. The van der Waals surface area contributed by atoms with Crippen LogP contribution in [0.15, 0.2) is 0 Å². The van der Waals surface area contributed by atoms with Crippen LogP contribution in [0.3, 0.4) is 0 Å². The molecule has 60 valence electrons. The van der Waals surface area contributed by atoms with Crippen molar-refractivity contribution in [2.75, 3.05) is 11.9 Å². The van der Waals surface area contributed by atoms with E-state index in [2.05, 4.69) is 15.9 Å². The number of carbonyl (C=O) groups is 1. The number of alkyl halides is 1. The molecular formula is C7H13BrO2. The second-order valence-electron chi connectivity index (χ2n) is 1.96. The lowest BCUT2D eigenvalue weighted by Gasteiger charge is -2.07. The van der Waals surface area contributed by atoms with E-state index in [-0.39, 0.29) is 6.10 Å². The highest BCUT2D eigenvalue weighted by Gasteiger charge is 2.03. The molecule has 0 aromatic carbocycles. The molecule has 0 fully saturated rings. The molecule has 0 heterocycles. The van der Waals surface area contributed by atoms with E-state index < -0.39 is 0 Å². The Balaban J connectivity index is 3.29. The minimum absolute atomic E-state index is 0.192. The first kappa shape index (κ1) is 10.1. The average Bonchev–Trinajstić information content (AvgIpc) is 1.98. The molecule has 0 spiro atoms. The first-order valence-corrected chi connectivity index (χ1v) is 4.60. The monoisotopic (exact) mass is 208 g/mol. The van der Waals surface area contributed by atoms with Gasteiger partial charge < -0.3 is 9.53 Å². The van der Waals surface area contributed by atoms with Crippen LogP contribution in [-0.4, -0.2) is 24.3 Å². The number of halogens is 1. The van der Waals surface area contributed by atoms with Crippen LogP contribution in [0.25, 0.3) is 0 Å². The summed E-state index contributed by atoms with van der Waals surface area (Å²) in [6.07, 6.45) is 2.49. The molecule has 10 heavy (non-hydrogen) atoms. The average molecular weight is 209 g/mol. The van der Waals surface area contributed by atoms with Crippen molar-refractivity contribution >= 4 is 22.2 Å². The van der Waals surface area contributed by atoms with Crippen molar-refractivity contribution in [3.8, 4) is 0 Å². The number of hydrogen-bond acceptors (Lipinski definition) is 2. The molecule has 0 aromatic rings. The molecule has 1 atom stereocenters. The summed E-state index contributed by atoms with van der Waals surface area (Å²) in [6.45, 7) is 2.51. The molecule has 0 radical (unpaired) electrons. The molecule has 0 aromatic heterocycles. The van der Waals surface area contributed by atoms with E-state index >= 15 is 0 Å². The molecule has 0 aliphatic carbocycles. The Morgan fingerprint density at radius 3 is 2.80 bits per heavy atom. The third-order valence-corrected chi connectivity index (χ3v) is 1.72. The number of aldehydes is 1. The van der Waals surface area contributed by atoms with Gasteiger partial charge in [0, 0.05) is 11.9 Å². The zero-order valence-electron chi connectivity index (χ0n) is 6.18. The van der Waals surface area contributed by atoms with Gasteiger partial charge in [-0.15, -0.1) is 0 Å². The number of ether oxygens (including phenoxy) is 1. The summed E-state index contributed by atoms with van der Waals surface area (Å²) in [6, 6.07) is 0. The fraction of sp³-hybridized carbons (Fsp3) is 0.857. The summed E-state index contributed by atoms with van der Waals surface area (Å²) in [4.78, 5) is 10.3. The molecule has 0 saturated heterocycles. The summed E-state index contributed by atoms with van der Waals surface area (Å²) in [5.41, 5.74) is 0. The summed E-state index contributed by atoms with van der Waals surface area (Å²) >= 11 is 3.29. The fourth-order valence-corrected chi connectivity index (χ4v) is 1.01. The normalized spacial score (nSPS) is 13.0. The Hall–Kier alpha value is 0.110. The molecule has 0 aliphatic rings. The van der Waals surface area contributed by atoms with Gasteiger partial charge in [-0.05, 0) is 19.8 Å². The van der Waals surface area contributed by atoms with Crippen molar-refractivity contribution in [2.24, 2.45) is 0 Å². The molecule has 0 bridgehead atoms. The van der Waals surface area contributed by atoms with Gasteiger partial charge in [0.1, 0.15) is 12.4 Å². The maximum atomic E-state index is 10.3. The Bertz CT molecular complexity index is 85.7. The molecule has 0 saturated carbocycles. The Morgan fingerprint density at radius 1 is 1.70 bits per heavy atom. The van der Waals surface area contributed by atoms with Gasteiger partial charge in [0.15, 0.2) is 0 Å². The van der Waals surface area contributed by atoms with Crippen LogP contribution < -0.4 is 0 Å². The molecule has 0 aliphatic heterocycles. The molecule has 2 nitrogen and oxygen atoms in total. The van der Waals surface area contributed by atoms with E-state index in [4.69, 9.17) is 4.74 Å². The number of rotatable bonds is 6. The Labute approximate surface area is 70.1 Å². The molecule has 0 rings (SSSR count). The molecule has 0 amide bonds. The predicted octanol–water partition coefficient (Wildman–Crippen LogP) is 1.77. The lowest BCUT2D eigenvalue weighted by molar-refractivity contribution is -0.118. The van der Waals surface area contributed by atoms with Crippen LogP contribution in [0.2, 0.25) is 0 Å². The van der Waals surface area contributed by atoms with E-state index in [1.54, 1.807) is 0 Å². The molecular weight excluding hydrogens is 196 g/mol. The predicted molar refractivity (Wildman–Crippen MR) is 44.5 cm³/mol. The topological polar surface area (TPSA) is 26.3 Å². The maximum Gasteiger partial charge on any atom is 0.148 e. The fourth-order valence-electron chi connectivity index (χ4n) is 0.683. The Kier molecular flexibility index (Phi) is 7.30. The largest absolute Gasteiger partial charge is 0.371 e. The maximum absolute atomic E-state index is 10.3. The van der Waals surface area contributed by atoms with Crippen molar-refractivity contribution in [1.29, 1.82) is 0 Å². The summed E-state index contributed by atoms with van der Waals surface area (Å²) < 4.78 is 5.10. The van der Waals surface area contributed by atoms with E-state index in [1.807, 2.05) is 6.92 Å². The van der Waals surface area contributed by atoms with Gasteiger partial charge in [-0.1, -0.05) is 15.9 Å². The number of carbonyl (C=O) groups excluding carboxylic acids is 1. The van der Waals surface area contributed by atoms with Crippen molar-refractivity contribution in [3.63, 3.8) is 0 Å². The summed E-state index contributed by atoms with van der Waals surface area (Å²) in [5, 5.41) is 0.935. The second kappa shape index (κ2) is 7.22. The standard InChI is InChI=1S/C7H13BrO2/c1-2-10-7(6-9)4-3-5-8/h6-7H,2-5H2,1H3. The third kappa shape index (κ3) is 4.94. The Morgan fingerprint density at radius 2 is 2.40 bits per heavy atom. The smallest absolute Gasteiger partial charge is 0.148 e. The zero-order chi connectivity index (χ0) is 7.82. The minimum atomic E-state index is -0.192. The van der Waals surface area contributed by atoms with Gasteiger partial charge >= 0.3 is 0 Å². The first-order valence-electron chi connectivity index (χ1n) is 3.48. The summed E-state index contributed by atoms with van der Waals surface area (Å²) in [7, 11) is 0. The highest BCUT2D eigenvalue weighted by molar-refractivity contribution is 9.09. The van der Waals surface area contributed by atoms with Gasteiger partial charge in [-0.25, -0.2) is 0 Å². The van der Waals surface area contributed by atoms with E-state index in [9.17, 15) is 4.79 Å². The van der Waals surface area contributed by atoms with E-state index in [1.165, 1.54) is 0 Å². The van der Waals surface area contributed by atoms with Crippen molar-refractivity contribution in [2.45, 2.75) is 25.9 Å². The lowest BCUT2D eigenvalue weighted by atomic mass is 10.2. The SMILES string of the molecule is CCOC(C=O)CCCBr. The van der Waals surface area contributed by atoms with Gasteiger partial charge in [0.25, 0.3) is 0 Å². The molecule has 1 unspecified atom stereocenters. The van der Waals surface area contributed by atoms with Crippen LogP contribution in [0.1, 0.15) is 19.8 Å². The van der Waals surface area contributed by atoms with Gasteiger partial charge in [-0.2, -0.15) is 0 Å². The highest BCUT2D eigenvalue weighted by atomic mass is 79.9. The van der Waals surface area contributed by atoms with Crippen molar-refractivity contribution in [3.05, 3.63) is 0 Å². The lowest BCUT2D eigenvalue weighted by Crippen LogP contribution is -2.14. The van der Waals surface area contributed by atoms with Gasteiger partial charge in [0.05, 0.1) is 0 Å². The van der Waals surface area contributed by atoms with Gasteiger partial charge in [-0.3, -0.25) is 0 Å². The zero-order valence-corrected chi connectivity index (χ0v) is 7.76. The van der Waals surface area contributed by atoms with Crippen LogP contribution in [0.4, 0.5) is 0 Å². The van der Waals surface area contributed by atoms with E-state index in [0.29, 0.717) is 6.61 Å². The van der Waals surface area contributed by atoms with Crippen LogP contribution in [-0.2, 0) is 9.53 Å². The van der Waals surface area contributed by atoms with Crippen LogP contribution in [0, 0.1) is 0 Å². The third-order valence-electron chi connectivity index (χ3n) is 1.15. The first-order chi connectivity index (χ1) is 4.85. The van der Waals surface area contributed by atoms with Crippen LogP contribution >= 0.6 is 15.9 Å². The van der Waals surface area contributed by atoms with Gasteiger partial charge in [0.2, 0.25) is 0 Å². The number of hydrogen-bond donors (Lipinski definition) is 0. The summed E-state index contributed by atoms with van der Waals surface area (Å²) in [5.74, 6) is 0. The molecule has 0 N–H and O–H groups in total. The highest BCUT2D eigenvalue weighted by Crippen LogP contribution is 2.01.